The van der Waals surface area contributed by atoms with Gasteiger partial charge in [0.1, 0.15) is 22.5 Å². The molecule has 1 N–H and O–H groups in total. The van der Waals surface area contributed by atoms with Crippen LogP contribution in [-0.2, 0) is 16.6 Å². The van der Waals surface area contributed by atoms with E-state index >= 15 is 0 Å². The number of amides is 1. The number of para-hydroxylation sites is 1. The molecule has 0 fully saturated rings. The van der Waals surface area contributed by atoms with Crippen LogP contribution in [0.5, 0.6) is 11.5 Å². The summed E-state index contributed by atoms with van der Waals surface area (Å²) < 4.78 is 12.3. The van der Waals surface area contributed by atoms with Gasteiger partial charge in [-0.1, -0.05) is 42.5 Å². The van der Waals surface area contributed by atoms with E-state index in [1.165, 1.54) is 0 Å². The van der Waals surface area contributed by atoms with E-state index in [-0.39, 0.29) is 11.8 Å². The minimum absolute atomic E-state index is 0.0649. The van der Waals surface area contributed by atoms with Crippen molar-refractivity contribution in [1.82, 2.24) is 0 Å². The number of rotatable bonds is 4. The van der Waals surface area contributed by atoms with Crippen molar-refractivity contribution in [1.29, 1.82) is 5.26 Å². The second-order valence-electron chi connectivity index (χ2n) is 9.13. The minimum Gasteiger partial charge on any atom is -0.494 e. The van der Waals surface area contributed by atoms with Gasteiger partial charge in [0.15, 0.2) is 0 Å². The Morgan fingerprint density at radius 1 is 1.06 bits per heavy atom. The first-order valence-electron chi connectivity index (χ1n) is 11.3. The lowest BCUT2D eigenvalue weighted by Crippen LogP contribution is -2.58. The summed E-state index contributed by atoms with van der Waals surface area (Å²) in [5, 5.41) is 12.8. The molecule has 166 valence electrons. The molecule has 0 saturated carbocycles. The molecule has 2 heterocycles. The van der Waals surface area contributed by atoms with Gasteiger partial charge >= 0.3 is 0 Å². The van der Waals surface area contributed by atoms with Crippen LogP contribution in [0.1, 0.15) is 43.0 Å². The minimum atomic E-state index is -0.957. The molecule has 5 heteroatoms. The summed E-state index contributed by atoms with van der Waals surface area (Å²) in [6, 6.07) is 23.5. The molecule has 2 aliphatic heterocycles. The van der Waals surface area contributed by atoms with Gasteiger partial charge in [0.25, 0.3) is 0 Å². The van der Waals surface area contributed by atoms with Crippen molar-refractivity contribution in [2.75, 3.05) is 11.9 Å². The third-order valence-electron chi connectivity index (χ3n) is 6.94. The smallest absolute Gasteiger partial charge is 0.240 e. The first-order valence-corrected chi connectivity index (χ1v) is 11.3. The Balaban J connectivity index is 1.78. The standard InChI is InChI=1S/C28H26N2O3/c1-4-32-20-13-14-22-24(16-20)33-27(2,3)25(15-18-9-5-6-10-19(18)17-29)28(22)21-11-7-8-12-23(21)30-26(28)31/h5-14,16,25H,4,15H2,1-3H3,(H,30,31). The molecule has 0 radical (unpaired) electrons. The zero-order chi connectivity index (χ0) is 23.2. The number of ether oxygens (including phenoxy) is 2. The summed E-state index contributed by atoms with van der Waals surface area (Å²) in [7, 11) is 0. The van der Waals surface area contributed by atoms with Crippen LogP contribution in [0.3, 0.4) is 0 Å². The predicted octanol–water partition coefficient (Wildman–Crippen LogP) is 5.23. The normalized spacial score (nSPS) is 22.0. The molecule has 2 atom stereocenters. The molecule has 0 aliphatic carbocycles. The van der Waals surface area contributed by atoms with Crippen molar-refractivity contribution in [2.24, 2.45) is 5.92 Å². The number of nitrogens with zero attached hydrogens (tertiary/aromatic N) is 1. The molecule has 1 spiro atoms. The highest BCUT2D eigenvalue weighted by Crippen LogP contribution is 2.58. The van der Waals surface area contributed by atoms with Crippen molar-refractivity contribution < 1.29 is 14.3 Å². The van der Waals surface area contributed by atoms with E-state index in [0.29, 0.717) is 30.1 Å². The first-order chi connectivity index (χ1) is 15.9. The lowest BCUT2D eigenvalue weighted by molar-refractivity contribution is -0.126. The summed E-state index contributed by atoms with van der Waals surface area (Å²) >= 11 is 0. The predicted molar refractivity (Wildman–Crippen MR) is 127 cm³/mol. The topological polar surface area (TPSA) is 71.3 Å². The zero-order valence-electron chi connectivity index (χ0n) is 19.0. The Hall–Kier alpha value is -3.78. The Bertz CT molecular complexity index is 1290. The van der Waals surface area contributed by atoms with Crippen molar-refractivity contribution in [2.45, 2.75) is 38.2 Å². The Morgan fingerprint density at radius 3 is 2.61 bits per heavy atom. The number of nitriles is 1. The highest BCUT2D eigenvalue weighted by atomic mass is 16.5. The number of carbonyl (C=O) groups excluding carboxylic acids is 1. The average molecular weight is 439 g/mol. The zero-order valence-corrected chi connectivity index (χ0v) is 19.0. The third kappa shape index (κ3) is 3.09. The first kappa shape index (κ1) is 21.1. The number of fused-ring (bicyclic) bond motifs is 4. The van der Waals surface area contributed by atoms with E-state index in [1.54, 1.807) is 0 Å². The van der Waals surface area contributed by atoms with E-state index in [2.05, 4.69) is 11.4 Å². The molecule has 33 heavy (non-hydrogen) atoms. The summed E-state index contributed by atoms with van der Waals surface area (Å²) in [6.07, 6.45) is 0.519. The molecule has 5 rings (SSSR count). The second-order valence-corrected chi connectivity index (χ2v) is 9.13. The lowest BCUT2D eigenvalue weighted by Gasteiger charge is -2.50. The van der Waals surface area contributed by atoms with Gasteiger partial charge < -0.3 is 14.8 Å². The Kier molecular flexibility index (Phi) is 4.90. The maximum atomic E-state index is 14.0. The quantitative estimate of drug-likeness (QED) is 0.606. The van der Waals surface area contributed by atoms with Crippen molar-refractivity contribution in [3.05, 3.63) is 89.0 Å². The second kappa shape index (κ2) is 7.67. The number of benzene rings is 3. The van der Waals surface area contributed by atoms with Gasteiger partial charge in [-0.3, -0.25) is 4.79 Å². The summed E-state index contributed by atoms with van der Waals surface area (Å²) in [4.78, 5) is 14.0. The Labute approximate surface area is 194 Å². The van der Waals surface area contributed by atoms with E-state index in [0.717, 1.165) is 22.4 Å². The van der Waals surface area contributed by atoms with Crippen molar-refractivity contribution in [3.63, 3.8) is 0 Å². The van der Waals surface area contributed by atoms with Gasteiger partial charge in [0.05, 0.1) is 18.2 Å². The summed E-state index contributed by atoms with van der Waals surface area (Å²) in [5.74, 6) is 1.04. The van der Waals surface area contributed by atoms with E-state index in [1.807, 2.05) is 87.5 Å². The molecule has 0 saturated heterocycles. The number of anilines is 1. The fourth-order valence-electron chi connectivity index (χ4n) is 5.55. The van der Waals surface area contributed by atoms with Crippen LogP contribution in [0, 0.1) is 17.2 Å². The Morgan fingerprint density at radius 2 is 1.82 bits per heavy atom. The molecule has 3 aromatic rings. The molecule has 3 aromatic carbocycles. The number of hydrogen-bond donors (Lipinski definition) is 1. The molecular weight excluding hydrogens is 412 g/mol. The van der Waals surface area contributed by atoms with Gasteiger partial charge in [-0.25, -0.2) is 0 Å². The van der Waals surface area contributed by atoms with Crippen LogP contribution in [0.25, 0.3) is 0 Å². The van der Waals surface area contributed by atoms with Crippen molar-refractivity contribution >= 4 is 11.6 Å². The molecule has 2 aliphatic rings. The summed E-state index contributed by atoms with van der Waals surface area (Å²) in [6.45, 7) is 6.54. The monoisotopic (exact) mass is 438 g/mol. The third-order valence-corrected chi connectivity index (χ3v) is 6.94. The van der Waals surface area contributed by atoms with Gasteiger partial charge in [0, 0.05) is 23.2 Å². The molecule has 5 nitrogen and oxygen atoms in total. The van der Waals surface area contributed by atoms with E-state index in [9.17, 15) is 10.1 Å². The van der Waals surface area contributed by atoms with E-state index in [4.69, 9.17) is 9.47 Å². The fourth-order valence-corrected chi connectivity index (χ4v) is 5.55. The average Bonchev–Trinajstić information content (AvgIpc) is 3.09. The molecule has 0 bridgehead atoms. The molecule has 1 amide bonds. The van der Waals surface area contributed by atoms with Crippen LogP contribution in [0.2, 0.25) is 0 Å². The van der Waals surface area contributed by atoms with Crippen LogP contribution < -0.4 is 14.8 Å². The van der Waals surface area contributed by atoms with Gasteiger partial charge in [0.2, 0.25) is 5.91 Å². The van der Waals surface area contributed by atoms with Crippen LogP contribution in [0.4, 0.5) is 5.69 Å². The maximum Gasteiger partial charge on any atom is 0.240 e. The molecular formula is C28H26N2O3. The summed E-state index contributed by atoms with van der Waals surface area (Å²) in [5.41, 5.74) is 2.46. The van der Waals surface area contributed by atoms with Crippen LogP contribution in [-0.4, -0.2) is 18.1 Å². The molecule has 2 unspecified atom stereocenters. The highest BCUT2D eigenvalue weighted by molar-refractivity contribution is 6.09. The lowest BCUT2D eigenvalue weighted by atomic mass is 9.58. The number of hydrogen-bond acceptors (Lipinski definition) is 4. The van der Waals surface area contributed by atoms with Gasteiger partial charge in [-0.05, 0) is 56.5 Å². The fraction of sp³-hybridized carbons (Fsp3) is 0.286. The maximum absolute atomic E-state index is 14.0. The van der Waals surface area contributed by atoms with Gasteiger partial charge in [-0.15, -0.1) is 0 Å². The SMILES string of the molecule is CCOc1ccc2c(c1)OC(C)(C)C(Cc1ccccc1C#N)C21C(=O)Nc2ccccc21. The molecule has 0 aromatic heterocycles. The largest absolute Gasteiger partial charge is 0.494 e. The van der Waals surface area contributed by atoms with Crippen LogP contribution >= 0.6 is 0 Å². The highest BCUT2D eigenvalue weighted by Gasteiger charge is 2.62. The van der Waals surface area contributed by atoms with Crippen LogP contribution in [0.15, 0.2) is 66.7 Å². The number of nitrogens with one attached hydrogen (secondary N) is 1. The van der Waals surface area contributed by atoms with E-state index < -0.39 is 11.0 Å². The van der Waals surface area contributed by atoms with Crippen molar-refractivity contribution in [3.8, 4) is 17.6 Å². The van der Waals surface area contributed by atoms with Gasteiger partial charge in [-0.2, -0.15) is 5.26 Å². The number of carbonyl (C=O) groups is 1.